The summed E-state index contributed by atoms with van der Waals surface area (Å²) in [7, 11) is 0. The number of benzene rings is 1. The van der Waals surface area contributed by atoms with Gasteiger partial charge >= 0.3 is 0 Å². The summed E-state index contributed by atoms with van der Waals surface area (Å²) in [5.41, 5.74) is 4.66. The number of likely N-dealkylation sites (tertiary alicyclic amines) is 1. The maximum absolute atomic E-state index is 4.92. The smallest absolute Gasteiger partial charge is 0.137 e. The van der Waals surface area contributed by atoms with Crippen molar-refractivity contribution in [3.63, 3.8) is 0 Å². The Balaban J connectivity index is 1.75. The van der Waals surface area contributed by atoms with Gasteiger partial charge in [0.2, 0.25) is 0 Å². The molecule has 3 aromatic rings. The van der Waals surface area contributed by atoms with Crippen LogP contribution in [0.1, 0.15) is 26.0 Å². The van der Waals surface area contributed by atoms with E-state index in [2.05, 4.69) is 77.9 Å². The van der Waals surface area contributed by atoms with E-state index in [9.17, 15) is 0 Å². The number of piperidine rings is 1. The van der Waals surface area contributed by atoms with Gasteiger partial charge in [-0.1, -0.05) is 50.2 Å². The third kappa shape index (κ3) is 2.96. The Bertz CT molecular complexity index is 811. The SMILES string of the molecule is CC1CC(C)CN(Cc2c(-c3ccccc3)nc3ccccn23)C1. The van der Waals surface area contributed by atoms with Crippen LogP contribution < -0.4 is 0 Å². The zero-order valence-electron chi connectivity index (χ0n) is 14.5. The number of imidazole rings is 1. The average molecular weight is 319 g/mol. The molecule has 1 aromatic carbocycles. The lowest BCUT2D eigenvalue weighted by Crippen LogP contribution is -2.38. The number of rotatable bonds is 3. The number of pyridine rings is 1. The average Bonchev–Trinajstić information content (AvgIpc) is 2.94. The fourth-order valence-corrected chi connectivity index (χ4v) is 4.16. The van der Waals surface area contributed by atoms with Crippen molar-refractivity contribution in [2.75, 3.05) is 13.1 Å². The van der Waals surface area contributed by atoms with E-state index < -0.39 is 0 Å². The molecule has 3 heteroatoms. The molecule has 3 heterocycles. The summed E-state index contributed by atoms with van der Waals surface area (Å²) >= 11 is 0. The van der Waals surface area contributed by atoms with Crippen LogP contribution in [0.4, 0.5) is 0 Å². The van der Waals surface area contributed by atoms with E-state index in [-0.39, 0.29) is 0 Å². The highest BCUT2D eigenvalue weighted by Gasteiger charge is 2.24. The Hall–Kier alpha value is -2.13. The van der Waals surface area contributed by atoms with Crippen molar-refractivity contribution in [3.8, 4) is 11.3 Å². The number of nitrogens with zero attached hydrogens (tertiary/aromatic N) is 3. The molecule has 1 saturated heterocycles. The van der Waals surface area contributed by atoms with Crippen molar-refractivity contribution in [2.24, 2.45) is 11.8 Å². The molecule has 0 spiro atoms. The van der Waals surface area contributed by atoms with Crippen LogP contribution in [0.25, 0.3) is 16.9 Å². The van der Waals surface area contributed by atoms with Crippen molar-refractivity contribution in [1.82, 2.24) is 14.3 Å². The third-order valence-corrected chi connectivity index (χ3v) is 4.99. The van der Waals surface area contributed by atoms with Crippen molar-refractivity contribution < 1.29 is 0 Å². The highest BCUT2D eigenvalue weighted by atomic mass is 15.2. The van der Waals surface area contributed by atoms with E-state index in [4.69, 9.17) is 4.98 Å². The molecule has 0 saturated carbocycles. The van der Waals surface area contributed by atoms with Crippen LogP contribution in [0.5, 0.6) is 0 Å². The maximum Gasteiger partial charge on any atom is 0.137 e. The Labute approximate surface area is 143 Å². The summed E-state index contributed by atoms with van der Waals surface area (Å²) in [5, 5.41) is 0. The first-order valence-corrected chi connectivity index (χ1v) is 8.94. The molecule has 0 bridgehead atoms. The minimum absolute atomic E-state index is 0.771. The maximum atomic E-state index is 4.92. The summed E-state index contributed by atoms with van der Waals surface area (Å²) in [6.07, 6.45) is 3.48. The van der Waals surface area contributed by atoms with Crippen LogP contribution in [0.15, 0.2) is 54.7 Å². The van der Waals surface area contributed by atoms with Crippen LogP contribution >= 0.6 is 0 Å². The molecule has 24 heavy (non-hydrogen) atoms. The summed E-state index contributed by atoms with van der Waals surface area (Å²) < 4.78 is 2.26. The third-order valence-electron chi connectivity index (χ3n) is 4.99. The molecule has 2 atom stereocenters. The van der Waals surface area contributed by atoms with Gasteiger partial charge in [-0.05, 0) is 30.4 Å². The van der Waals surface area contributed by atoms with Gasteiger partial charge in [0.05, 0.1) is 11.4 Å². The highest BCUT2D eigenvalue weighted by molar-refractivity contribution is 5.66. The summed E-state index contributed by atoms with van der Waals surface area (Å²) in [6.45, 7) is 8.06. The molecule has 2 unspecified atom stereocenters. The van der Waals surface area contributed by atoms with Gasteiger partial charge in [0.15, 0.2) is 0 Å². The quantitative estimate of drug-likeness (QED) is 0.709. The second-order valence-electron chi connectivity index (χ2n) is 7.34. The minimum atomic E-state index is 0.771. The molecule has 1 aliphatic heterocycles. The van der Waals surface area contributed by atoms with Crippen LogP contribution in [0, 0.1) is 11.8 Å². The van der Waals surface area contributed by atoms with Crippen molar-refractivity contribution >= 4 is 5.65 Å². The fraction of sp³-hybridized carbons (Fsp3) is 0.381. The van der Waals surface area contributed by atoms with E-state index in [0.717, 1.165) is 29.7 Å². The van der Waals surface area contributed by atoms with Crippen LogP contribution in [0.3, 0.4) is 0 Å². The first kappa shape index (κ1) is 15.4. The summed E-state index contributed by atoms with van der Waals surface area (Å²) in [6, 6.07) is 16.8. The molecule has 1 fully saturated rings. The molecule has 0 radical (unpaired) electrons. The molecule has 0 aliphatic carbocycles. The van der Waals surface area contributed by atoms with Gasteiger partial charge in [-0.3, -0.25) is 4.90 Å². The second kappa shape index (κ2) is 6.40. The number of hydrogen-bond acceptors (Lipinski definition) is 2. The Kier molecular flexibility index (Phi) is 4.11. The van der Waals surface area contributed by atoms with E-state index >= 15 is 0 Å². The molecule has 2 aromatic heterocycles. The van der Waals surface area contributed by atoms with Gasteiger partial charge < -0.3 is 4.40 Å². The van der Waals surface area contributed by atoms with Gasteiger partial charge in [-0.2, -0.15) is 0 Å². The van der Waals surface area contributed by atoms with Crippen LogP contribution in [-0.2, 0) is 6.54 Å². The molecule has 3 nitrogen and oxygen atoms in total. The van der Waals surface area contributed by atoms with Gasteiger partial charge in [0.25, 0.3) is 0 Å². The van der Waals surface area contributed by atoms with E-state index in [1.807, 2.05) is 0 Å². The summed E-state index contributed by atoms with van der Waals surface area (Å²) in [4.78, 5) is 7.52. The first-order valence-electron chi connectivity index (χ1n) is 8.94. The van der Waals surface area contributed by atoms with Gasteiger partial charge in [-0.15, -0.1) is 0 Å². The lowest BCUT2D eigenvalue weighted by atomic mass is 9.92. The molecule has 4 rings (SSSR count). The topological polar surface area (TPSA) is 20.5 Å². The Morgan fingerprint density at radius 1 is 0.958 bits per heavy atom. The molecule has 0 amide bonds. The standard InChI is InChI=1S/C21H25N3/c1-16-12-17(2)14-23(13-16)15-19-21(18-8-4-3-5-9-18)22-20-10-6-7-11-24(19)20/h3-11,16-17H,12-15H2,1-2H3. The first-order chi connectivity index (χ1) is 11.7. The zero-order valence-corrected chi connectivity index (χ0v) is 14.5. The lowest BCUT2D eigenvalue weighted by Gasteiger charge is -2.35. The number of hydrogen-bond donors (Lipinski definition) is 0. The Morgan fingerprint density at radius 3 is 2.42 bits per heavy atom. The van der Waals surface area contributed by atoms with E-state index in [1.165, 1.54) is 30.8 Å². The number of fused-ring (bicyclic) bond motifs is 1. The molecule has 124 valence electrons. The van der Waals surface area contributed by atoms with Crippen LogP contribution in [0.2, 0.25) is 0 Å². The predicted octanol–water partition coefficient (Wildman–Crippen LogP) is 4.48. The van der Waals surface area contributed by atoms with Gasteiger partial charge in [-0.25, -0.2) is 4.98 Å². The zero-order chi connectivity index (χ0) is 16.5. The largest absolute Gasteiger partial charge is 0.302 e. The van der Waals surface area contributed by atoms with Crippen molar-refractivity contribution in [2.45, 2.75) is 26.8 Å². The van der Waals surface area contributed by atoms with Crippen molar-refractivity contribution in [3.05, 3.63) is 60.4 Å². The van der Waals surface area contributed by atoms with Gasteiger partial charge in [0.1, 0.15) is 5.65 Å². The molecular weight excluding hydrogens is 294 g/mol. The normalized spacial score (nSPS) is 22.1. The molecular formula is C21H25N3. The van der Waals surface area contributed by atoms with Crippen LogP contribution in [-0.4, -0.2) is 27.4 Å². The van der Waals surface area contributed by atoms with Gasteiger partial charge in [0, 0.05) is 31.4 Å². The fourth-order valence-electron chi connectivity index (χ4n) is 4.16. The van der Waals surface area contributed by atoms with E-state index in [1.54, 1.807) is 0 Å². The minimum Gasteiger partial charge on any atom is -0.302 e. The van der Waals surface area contributed by atoms with E-state index in [0.29, 0.717) is 0 Å². The highest BCUT2D eigenvalue weighted by Crippen LogP contribution is 2.28. The number of aromatic nitrogens is 2. The monoisotopic (exact) mass is 319 g/mol. The predicted molar refractivity (Wildman–Crippen MR) is 98.9 cm³/mol. The lowest BCUT2D eigenvalue weighted by molar-refractivity contribution is 0.133. The summed E-state index contributed by atoms with van der Waals surface area (Å²) in [5.74, 6) is 1.54. The Morgan fingerprint density at radius 2 is 1.67 bits per heavy atom. The molecule has 1 aliphatic rings. The molecule has 0 N–H and O–H groups in total. The second-order valence-corrected chi connectivity index (χ2v) is 7.34. The van der Waals surface area contributed by atoms with Crippen molar-refractivity contribution in [1.29, 1.82) is 0 Å².